The molecule has 2 aromatic rings. The number of fused-ring (bicyclic) bond motifs is 1. The standard InChI is InChI=1S/C21H23N3O5/c25-21(22-16-4-1-5-17(13-16)24(26)27)14-23-9-2-6-18(23)15-7-8-19-20(12-15)29-11-3-10-28-19/h1,4-5,7-8,12-13,18H,2-3,6,9-11,14H2,(H,22,25)/p+1/t18-/m1/s1. The zero-order valence-electron chi connectivity index (χ0n) is 16.1. The summed E-state index contributed by atoms with van der Waals surface area (Å²) in [7, 11) is 0. The van der Waals surface area contributed by atoms with Crippen LogP contribution in [0.1, 0.15) is 30.9 Å². The highest BCUT2D eigenvalue weighted by Gasteiger charge is 2.32. The van der Waals surface area contributed by atoms with Gasteiger partial charge in [-0.1, -0.05) is 6.07 Å². The quantitative estimate of drug-likeness (QED) is 0.594. The number of nitro groups is 1. The summed E-state index contributed by atoms with van der Waals surface area (Å²) in [6.07, 6.45) is 2.90. The van der Waals surface area contributed by atoms with Gasteiger partial charge in [-0.05, 0) is 24.3 Å². The molecular weight excluding hydrogens is 374 g/mol. The Morgan fingerprint density at radius 3 is 2.79 bits per heavy atom. The third-order valence-electron chi connectivity index (χ3n) is 5.39. The molecular formula is C21H24N3O5+. The molecule has 1 unspecified atom stereocenters. The van der Waals surface area contributed by atoms with Gasteiger partial charge in [0.25, 0.3) is 11.6 Å². The van der Waals surface area contributed by atoms with Gasteiger partial charge in [0.2, 0.25) is 0 Å². The number of non-ortho nitro benzene ring substituents is 1. The molecule has 2 heterocycles. The number of nitrogens with one attached hydrogen (secondary N) is 2. The van der Waals surface area contributed by atoms with Gasteiger partial charge in [0.1, 0.15) is 6.04 Å². The summed E-state index contributed by atoms with van der Waals surface area (Å²) >= 11 is 0. The highest BCUT2D eigenvalue weighted by Crippen LogP contribution is 2.33. The molecule has 8 nitrogen and oxygen atoms in total. The molecule has 0 radical (unpaired) electrons. The molecule has 2 aliphatic heterocycles. The van der Waals surface area contributed by atoms with Crippen molar-refractivity contribution in [3.63, 3.8) is 0 Å². The number of hydrogen-bond acceptors (Lipinski definition) is 5. The van der Waals surface area contributed by atoms with Crippen LogP contribution in [0.15, 0.2) is 42.5 Å². The summed E-state index contributed by atoms with van der Waals surface area (Å²) in [6.45, 7) is 2.51. The maximum absolute atomic E-state index is 12.6. The highest BCUT2D eigenvalue weighted by atomic mass is 16.6. The minimum absolute atomic E-state index is 0.0404. The van der Waals surface area contributed by atoms with Crippen molar-refractivity contribution >= 4 is 17.3 Å². The molecule has 0 aliphatic carbocycles. The van der Waals surface area contributed by atoms with Crippen molar-refractivity contribution in [3.8, 4) is 11.5 Å². The Bertz CT molecular complexity index is 917. The highest BCUT2D eigenvalue weighted by molar-refractivity contribution is 5.91. The molecule has 1 saturated heterocycles. The maximum Gasteiger partial charge on any atom is 0.279 e. The van der Waals surface area contributed by atoms with Crippen LogP contribution in [-0.4, -0.2) is 37.1 Å². The van der Waals surface area contributed by atoms with Crippen molar-refractivity contribution in [3.05, 3.63) is 58.1 Å². The Hall–Kier alpha value is -3.13. The fraction of sp³-hybridized carbons (Fsp3) is 0.381. The third kappa shape index (κ3) is 4.48. The molecule has 152 valence electrons. The molecule has 2 aliphatic rings. The van der Waals surface area contributed by atoms with E-state index in [9.17, 15) is 14.9 Å². The maximum atomic E-state index is 12.6. The van der Waals surface area contributed by atoms with Crippen LogP contribution in [0.25, 0.3) is 0 Å². The first-order chi connectivity index (χ1) is 14.1. The minimum atomic E-state index is -0.471. The van der Waals surface area contributed by atoms with Crippen LogP contribution in [0.5, 0.6) is 11.5 Å². The number of benzene rings is 2. The second-order valence-corrected chi connectivity index (χ2v) is 7.39. The van der Waals surface area contributed by atoms with E-state index in [1.54, 1.807) is 12.1 Å². The van der Waals surface area contributed by atoms with Gasteiger partial charge in [-0.3, -0.25) is 14.9 Å². The fourth-order valence-electron chi connectivity index (χ4n) is 4.03. The SMILES string of the molecule is O=C(C[NH+]1CCC[C@@H]1c1ccc2c(c1)OCCCO2)Nc1cccc([N+](=O)[O-])c1. The summed E-state index contributed by atoms with van der Waals surface area (Å²) in [5.41, 5.74) is 1.54. The van der Waals surface area contributed by atoms with E-state index < -0.39 is 4.92 Å². The van der Waals surface area contributed by atoms with Gasteiger partial charge in [0.05, 0.1) is 24.7 Å². The van der Waals surface area contributed by atoms with Crippen molar-refractivity contribution < 1.29 is 24.1 Å². The molecule has 0 bridgehead atoms. The Labute approximate surface area is 168 Å². The van der Waals surface area contributed by atoms with Gasteiger partial charge in [-0.2, -0.15) is 0 Å². The predicted octanol–water partition coefficient (Wildman–Crippen LogP) is 2.11. The molecule has 0 aromatic heterocycles. The smallest absolute Gasteiger partial charge is 0.279 e. The molecule has 4 rings (SSSR count). The number of carbonyl (C=O) groups excluding carboxylic acids is 1. The first-order valence-electron chi connectivity index (χ1n) is 9.88. The molecule has 1 amide bonds. The van der Waals surface area contributed by atoms with Gasteiger partial charge >= 0.3 is 0 Å². The molecule has 2 N–H and O–H groups in total. The lowest BCUT2D eigenvalue weighted by atomic mass is 10.0. The summed E-state index contributed by atoms with van der Waals surface area (Å²) < 4.78 is 11.5. The largest absolute Gasteiger partial charge is 0.490 e. The summed E-state index contributed by atoms with van der Waals surface area (Å²) in [6, 6.07) is 12.3. The van der Waals surface area contributed by atoms with Gasteiger partial charge in [-0.25, -0.2) is 0 Å². The number of nitrogens with zero attached hydrogens (tertiary/aromatic N) is 1. The Kier molecular flexibility index (Phi) is 5.62. The fourth-order valence-corrected chi connectivity index (χ4v) is 4.03. The van der Waals surface area contributed by atoms with E-state index in [-0.39, 0.29) is 17.6 Å². The zero-order valence-corrected chi connectivity index (χ0v) is 16.1. The van der Waals surface area contributed by atoms with E-state index in [0.29, 0.717) is 25.4 Å². The predicted molar refractivity (Wildman–Crippen MR) is 106 cm³/mol. The average molecular weight is 398 g/mol. The number of likely N-dealkylation sites (tertiary alicyclic amines) is 1. The average Bonchev–Trinajstić information content (AvgIpc) is 3.03. The Morgan fingerprint density at radius 2 is 1.97 bits per heavy atom. The number of amides is 1. The number of ether oxygens (including phenoxy) is 2. The Morgan fingerprint density at radius 1 is 1.14 bits per heavy atom. The lowest BCUT2D eigenvalue weighted by molar-refractivity contribution is -0.910. The Balaban J connectivity index is 1.43. The van der Waals surface area contributed by atoms with E-state index in [2.05, 4.69) is 11.4 Å². The van der Waals surface area contributed by atoms with Gasteiger partial charge in [0, 0.05) is 42.6 Å². The van der Waals surface area contributed by atoms with E-state index in [1.807, 2.05) is 12.1 Å². The van der Waals surface area contributed by atoms with Gasteiger partial charge in [-0.15, -0.1) is 0 Å². The van der Waals surface area contributed by atoms with Crippen molar-refractivity contribution in [2.75, 3.05) is 31.6 Å². The minimum Gasteiger partial charge on any atom is -0.490 e. The summed E-state index contributed by atoms with van der Waals surface area (Å²) in [5, 5.41) is 13.7. The third-order valence-corrected chi connectivity index (χ3v) is 5.39. The zero-order chi connectivity index (χ0) is 20.2. The van der Waals surface area contributed by atoms with Crippen LogP contribution in [0.4, 0.5) is 11.4 Å². The van der Waals surface area contributed by atoms with E-state index in [4.69, 9.17) is 9.47 Å². The first-order valence-corrected chi connectivity index (χ1v) is 9.88. The molecule has 2 aromatic carbocycles. The monoisotopic (exact) mass is 398 g/mol. The van der Waals surface area contributed by atoms with Crippen LogP contribution in [0, 0.1) is 10.1 Å². The summed E-state index contributed by atoms with van der Waals surface area (Å²) in [5.74, 6) is 1.39. The second kappa shape index (κ2) is 8.48. The van der Waals surface area contributed by atoms with E-state index in [1.165, 1.54) is 17.0 Å². The number of anilines is 1. The van der Waals surface area contributed by atoms with Crippen LogP contribution < -0.4 is 19.7 Å². The molecule has 29 heavy (non-hydrogen) atoms. The van der Waals surface area contributed by atoms with Crippen LogP contribution >= 0.6 is 0 Å². The summed E-state index contributed by atoms with van der Waals surface area (Å²) in [4.78, 5) is 24.2. The van der Waals surface area contributed by atoms with Crippen LogP contribution in [0.2, 0.25) is 0 Å². The molecule has 8 heteroatoms. The lowest BCUT2D eigenvalue weighted by Gasteiger charge is -2.22. The van der Waals surface area contributed by atoms with E-state index >= 15 is 0 Å². The number of quaternary nitrogens is 1. The number of hydrogen-bond donors (Lipinski definition) is 2. The van der Waals surface area contributed by atoms with Crippen molar-refractivity contribution in [2.45, 2.75) is 25.3 Å². The van der Waals surface area contributed by atoms with Crippen molar-refractivity contribution in [1.29, 1.82) is 0 Å². The second-order valence-electron chi connectivity index (χ2n) is 7.39. The van der Waals surface area contributed by atoms with Gasteiger partial charge in [0.15, 0.2) is 18.0 Å². The first kappa shape index (κ1) is 19.2. The van der Waals surface area contributed by atoms with Gasteiger partial charge < -0.3 is 19.7 Å². The topological polar surface area (TPSA) is 95.1 Å². The molecule has 0 spiro atoms. The van der Waals surface area contributed by atoms with Crippen molar-refractivity contribution in [2.24, 2.45) is 0 Å². The molecule has 2 atom stereocenters. The number of rotatable bonds is 5. The lowest BCUT2D eigenvalue weighted by Crippen LogP contribution is -3.11. The van der Waals surface area contributed by atoms with E-state index in [0.717, 1.165) is 42.9 Å². The van der Waals surface area contributed by atoms with Crippen molar-refractivity contribution in [1.82, 2.24) is 0 Å². The molecule has 0 saturated carbocycles. The molecule has 1 fully saturated rings. The van der Waals surface area contributed by atoms with Crippen LogP contribution in [0.3, 0.4) is 0 Å². The number of nitro benzene ring substituents is 1. The normalized spacial score (nSPS) is 20.7. The van der Waals surface area contributed by atoms with Crippen LogP contribution in [-0.2, 0) is 4.79 Å². The number of carbonyl (C=O) groups is 1.